The van der Waals surface area contributed by atoms with Gasteiger partial charge in [-0.3, -0.25) is 0 Å². The highest BCUT2D eigenvalue weighted by Crippen LogP contribution is 2.48. The highest BCUT2D eigenvalue weighted by Gasteiger charge is 2.33. The van der Waals surface area contributed by atoms with Crippen LogP contribution in [-0.4, -0.2) is 36.7 Å². The van der Waals surface area contributed by atoms with Gasteiger partial charge in [0.1, 0.15) is 6.04 Å². The van der Waals surface area contributed by atoms with Gasteiger partial charge in [0.2, 0.25) is 0 Å². The summed E-state index contributed by atoms with van der Waals surface area (Å²) < 4.78 is 1.17. The summed E-state index contributed by atoms with van der Waals surface area (Å²) in [5, 5.41) is 0. The van der Waals surface area contributed by atoms with Gasteiger partial charge in [0.05, 0.1) is 37.6 Å². The Bertz CT molecular complexity index is 646. The largest absolute Gasteiger partial charge is 1.00 e. The van der Waals surface area contributed by atoms with E-state index in [1.165, 1.54) is 45.3 Å². The van der Waals surface area contributed by atoms with Crippen LogP contribution < -0.4 is 28.9 Å². The van der Waals surface area contributed by atoms with Crippen LogP contribution in [0, 0.1) is 0 Å². The smallest absolute Gasteiger partial charge is 0.104 e. The molecular formula is C21H29IN2S. The molecular weight excluding hydrogens is 439 g/mol. The van der Waals surface area contributed by atoms with E-state index >= 15 is 0 Å². The van der Waals surface area contributed by atoms with Crippen molar-refractivity contribution in [3.63, 3.8) is 0 Å². The molecule has 1 aliphatic rings. The van der Waals surface area contributed by atoms with E-state index in [0.29, 0.717) is 6.04 Å². The van der Waals surface area contributed by atoms with Crippen molar-refractivity contribution in [2.45, 2.75) is 43.5 Å². The minimum atomic E-state index is 0. The quantitative estimate of drug-likeness (QED) is 0.474. The molecule has 1 aliphatic heterocycles. The second-order valence-corrected chi connectivity index (χ2v) is 7.75. The number of para-hydroxylation sites is 2. The van der Waals surface area contributed by atoms with E-state index in [9.17, 15) is 0 Å². The van der Waals surface area contributed by atoms with Crippen molar-refractivity contribution in [2.75, 3.05) is 31.1 Å². The molecule has 0 saturated heterocycles. The SMILES string of the molecule is CC[N+](CC)(CC)C(C)CN1c2ccccc2Sc2ccccc21.[I-]. The van der Waals surface area contributed by atoms with Crippen molar-refractivity contribution < 1.29 is 28.5 Å². The van der Waals surface area contributed by atoms with E-state index in [1.807, 2.05) is 11.8 Å². The second-order valence-electron chi connectivity index (χ2n) is 6.66. The van der Waals surface area contributed by atoms with Crippen LogP contribution in [0.3, 0.4) is 0 Å². The Morgan fingerprint density at radius 1 is 0.840 bits per heavy atom. The molecule has 0 aromatic heterocycles. The summed E-state index contributed by atoms with van der Waals surface area (Å²) in [4.78, 5) is 5.27. The van der Waals surface area contributed by atoms with E-state index in [4.69, 9.17) is 0 Å². The van der Waals surface area contributed by atoms with Crippen LogP contribution in [0.25, 0.3) is 0 Å². The average Bonchev–Trinajstić information content (AvgIpc) is 2.63. The molecule has 0 fully saturated rings. The first-order chi connectivity index (χ1) is 11.6. The van der Waals surface area contributed by atoms with Gasteiger partial charge in [-0.2, -0.15) is 0 Å². The van der Waals surface area contributed by atoms with Gasteiger partial charge in [-0.1, -0.05) is 36.0 Å². The van der Waals surface area contributed by atoms with Crippen molar-refractivity contribution in [1.82, 2.24) is 0 Å². The zero-order chi connectivity index (χ0) is 17.2. The van der Waals surface area contributed by atoms with Gasteiger partial charge in [0.15, 0.2) is 0 Å². The third-order valence-corrected chi connectivity index (χ3v) is 6.93. The first kappa shape index (κ1) is 20.6. The Hall–Kier alpha value is -0.720. The zero-order valence-electron chi connectivity index (χ0n) is 15.7. The normalized spacial score (nSPS) is 14.3. The molecule has 0 amide bonds. The average molecular weight is 468 g/mol. The third-order valence-electron chi connectivity index (χ3n) is 5.80. The van der Waals surface area contributed by atoms with Crippen LogP contribution >= 0.6 is 11.8 Å². The van der Waals surface area contributed by atoms with E-state index in [0.717, 1.165) is 6.54 Å². The molecule has 2 aromatic rings. The number of benzene rings is 2. The fraction of sp³-hybridized carbons (Fsp3) is 0.429. The molecule has 3 rings (SSSR count). The topological polar surface area (TPSA) is 3.24 Å². The van der Waals surface area contributed by atoms with E-state index in [2.05, 4.69) is 81.1 Å². The van der Waals surface area contributed by atoms with Gasteiger partial charge < -0.3 is 33.4 Å². The summed E-state index contributed by atoms with van der Waals surface area (Å²) in [6.45, 7) is 14.1. The van der Waals surface area contributed by atoms with Gasteiger partial charge in [-0.25, -0.2) is 0 Å². The van der Waals surface area contributed by atoms with Gasteiger partial charge >= 0.3 is 0 Å². The highest BCUT2D eigenvalue weighted by atomic mass is 127. The van der Waals surface area contributed by atoms with Crippen LogP contribution in [0.5, 0.6) is 0 Å². The molecule has 2 aromatic carbocycles. The fourth-order valence-corrected chi connectivity index (χ4v) is 5.12. The van der Waals surface area contributed by atoms with Crippen molar-refractivity contribution in [3.05, 3.63) is 48.5 Å². The number of nitrogens with zero attached hydrogens (tertiary/aromatic N) is 2. The molecule has 0 N–H and O–H groups in total. The van der Waals surface area contributed by atoms with E-state index < -0.39 is 0 Å². The molecule has 136 valence electrons. The molecule has 0 saturated carbocycles. The number of anilines is 2. The summed E-state index contributed by atoms with van der Waals surface area (Å²) in [6.07, 6.45) is 0. The first-order valence-corrected chi connectivity index (χ1v) is 9.96. The van der Waals surface area contributed by atoms with Crippen LogP contribution in [0.2, 0.25) is 0 Å². The Morgan fingerprint density at radius 3 is 1.72 bits per heavy atom. The molecule has 0 spiro atoms. The van der Waals surface area contributed by atoms with Crippen LogP contribution in [0.1, 0.15) is 27.7 Å². The Balaban J connectivity index is 0.00000225. The lowest BCUT2D eigenvalue weighted by atomic mass is 10.1. The van der Waals surface area contributed by atoms with Crippen LogP contribution in [0.15, 0.2) is 58.3 Å². The molecule has 1 unspecified atom stereocenters. The maximum atomic E-state index is 2.54. The van der Waals surface area contributed by atoms with Gasteiger partial charge in [0, 0.05) is 9.79 Å². The number of hydrogen-bond donors (Lipinski definition) is 0. The number of rotatable bonds is 6. The van der Waals surface area contributed by atoms with Gasteiger partial charge in [-0.05, 0) is 52.0 Å². The lowest BCUT2D eigenvalue weighted by molar-refractivity contribution is -0.943. The number of halogens is 1. The zero-order valence-corrected chi connectivity index (χ0v) is 18.7. The lowest BCUT2D eigenvalue weighted by Crippen LogP contribution is -3.00. The minimum absolute atomic E-state index is 0. The number of hydrogen-bond acceptors (Lipinski definition) is 2. The molecule has 0 radical (unpaired) electrons. The van der Waals surface area contributed by atoms with E-state index in [1.54, 1.807) is 0 Å². The number of likely N-dealkylation sites (N-methyl/N-ethyl adjacent to an activating group) is 1. The summed E-state index contributed by atoms with van der Waals surface area (Å²) in [6, 6.07) is 18.2. The summed E-state index contributed by atoms with van der Waals surface area (Å²) in [7, 11) is 0. The monoisotopic (exact) mass is 468 g/mol. The van der Waals surface area contributed by atoms with Crippen LogP contribution in [0.4, 0.5) is 11.4 Å². The Labute approximate surface area is 174 Å². The van der Waals surface area contributed by atoms with Crippen molar-refractivity contribution in [3.8, 4) is 0 Å². The molecule has 25 heavy (non-hydrogen) atoms. The van der Waals surface area contributed by atoms with Crippen LogP contribution in [-0.2, 0) is 0 Å². The molecule has 0 aliphatic carbocycles. The van der Waals surface area contributed by atoms with Crippen molar-refractivity contribution >= 4 is 23.1 Å². The Kier molecular flexibility index (Phi) is 7.23. The maximum absolute atomic E-state index is 2.54. The first-order valence-electron chi connectivity index (χ1n) is 9.14. The number of quaternary nitrogens is 1. The molecule has 4 heteroatoms. The van der Waals surface area contributed by atoms with Crippen molar-refractivity contribution in [1.29, 1.82) is 0 Å². The maximum Gasteiger partial charge on any atom is 0.104 e. The summed E-state index contributed by atoms with van der Waals surface area (Å²) in [5.74, 6) is 0. The predicted molar refractivity (Wildman–Crippen MR) is 105 cm³/mol. The van der Waals surface area contributed by atoms with Gasteiger partial charge in [0.25, 0.3) is 0 Å². The predicted octanol–water partition coefficient (Wildman–Crippen LogP) is 2.56. The third kappa shape index (κ3) is 3.86. The number of fused-ring (bicyclic) bond motifs is 2. The molecule has 1 heterocycles. The standard InChI is InChI=1S/C21H29N2S.HI/c1-5-23(6-2,7-3)17(4)16-22-18-12-8-10-14-20(18)24-21-15-11-9-13-19(21)22;/h8-15,17H,5-7,16H2,1-4H3;1H/q+1;/p-1. The van der Waals surface area contributed by atoms with Crippen molar-refractivity contribution in [2.24, 2.45) is 0 Å². The van der Waals surface area contributed by atoms with Gasteiger partial charge in [-0.15, -0.1) is 0 Å². The summed E-state index contributed by atoms with van der Waals surface area (Å²) in [5.41, 5.74) is 2.71. The highest BCUT2D eigenvalue weighted by molar-refractivity contribution is 7.99. The molecule has 2 nitrogen and oxygen atoms in total. The Morgan fingerprint density at radius 2 is 1.28 bits per heavy atom. The molecule has 1 atom stereocenters. The fourth-order valence-electron chi connectivity index (χ4n) is 4.02. The minimum Gasteiger partial charge on any atom is -1.00 e. The summed E-state index contributed by atoms with van der Waals surface area (Å²) >= 11 is 1.89. The lowest BCUT2D eigenvalue weighted by Gasteiger charge is -2.44. The second kappa shape index (κ2) is 8.78. The molecule has 0 bridgehead atoms. The van der Waals surface area contributed by atoms with E-state index in [-0.39, 0.29) is 24.0 Å².